The van der Waals surface area contributed by atoms with E-state index < -0.39 is 0 Å². The van der Waals surface area contributed by atoms with Crippen molar-refractivity contribution in [2.75, 3.05) is 27.9 Å². The number of hydrogen-bond acceptors (Lipinski definition) is 3. The van der Waals surface area contributed by atoms with E-state index in [1.165, 1.54) is 32.9 Å². The summed E-state index contributed by atoms with van der Waals surface area (Å²) in [5.41, 5.74) is 6.51. The molecule has 124 valence electrons. The molecule has 0 spiro atoms. The molecule has 0 fully saturated rings. The maximum atomic E-state index is 5.63. The molecule has 0 aromatic heterocycles. The van der Waals surface area contributed by atoms with E-state index >= 15 is 0 Å². The fraction of sp³-hybridized carbons (Fsp3) is 0.300. The van der Waals surface area contributed by atoms with Crippen LogP contribution < -0.4 is 19.1 Å². The largest absolute Gasteiger partial charge is 0.497 e. The average molecular weight is 324 g/mol. The van der Waals surface area contributed by atoms with Gasteiger partial charge in [-0.1, -0.05) is 6.07 Å². The number of methoxy groups -OCH3 is 3. The first-order chi connectivity index (χ1) is 11.7. The van der Waals surface area contributed by atoms with Gasteiger partial charge in [-0.15, -0.1) is 0 Å². The van der Waals surface area contributed by atoms with Crippen molar-refractivity contribution in [2.24, 2.45) is 0 Å². The van der Waals surface area contributed by atoms with E-state index in [-0.39, 0.29) is 0 Å². The van der Waals surface area contributed by atoms with Crippen molar-refractivity contribution < 1.29 is 19.1 Å². The van der Waals surface area contributed by atoms with Crippen LogP contribution in [-0.2, 0) is 13.0 Å². The molecule has 2 aliphatic rings. The summed E-state index contributed by atoms with van der Waals surface area (Å²) in [6.07, 6.45) is 3.35. The second-order valence-electron chi connectivity index (χ2n) is 6.23. The van der Waals surface area contributed by atoms with Crippen LogP contribution in [0.2, 0.25) is 0 Å². The summed E-state index contributed by atoms with van der Waals surface area (Å²) in [5.74, 6) is 2.59. The lowest BCUT2D eigenvalue weighted by Crippen LogP contribution is -3.09. The molecule has 24 heavy (non-hydrogen) atoms. The monoisotopic (exact) mass is 324 g/mol. The number of nitrogens with one attached hydrogen (secondary N) is 1. The molecule has 0 aliphatic carbocycles. The molecule has 4 nitrogen and oxygen atoms in total. The standard InChI is InChI=1S/C20H21NO3/c1-22-15-5-6-16-14(10-15)8-9-21-12-17-13(11-18(16)21)4-7-19(23-2)20(17)24-3/h4-7,10-11H,8-9,12H2,1-3H3/p+1. The minimum absolute atomic E-state index is 0.801. The van der Waals surface area contributed by atoms with E-state index in [1.807, 2.05) is 12.1 Å². The van der Waals surface area contributed by atoms with Gasteiger partial charge in [0.2, 0.25) is 0 Å². The van der Waals surface area contributed by atoms with Gasteiger partial charge in [0.15, 0.2) is 11.5 Å². The molecule has 0 saturated heterocycles. The first-order valence-electron chi connectivity index (χ1n) is 8.23. The normalized spacial score (nSPS) is 18.0. The van der Waals surface area contributed by atoms with Gasteiger partial charge in [-0.05, 0) is 35.4 Å². The van der Waals surface area contributed by atoms with Crippen molar-refractivity contribution in [1.29, 1.82) is 0 Å². The van der Waals surface area contributed by atoms with Crippen molar-refractivity contribution in [1.82, 2.24) is 0 Å². The molecule has 4 rings (SSSR count). The van der Waals surface area contributed by atoms with Gasteiger partial charge in [-0.2, -0.15) is 0 Å². The van der Waals surface area contributed by atoms with E-state index in [2.05, 4.69) is 24.3 Å². The zero-order chi connectivity index (χ0) is 16.7. The third kappa shape index (κ3) is 2.26. The van der Waals surface area contributed by atoms with E-state index in [0.29, 0.717) is 0 Å². The Labute approximate surface area is 142 Å². The van der Waals surface area contributed by atoms with Gasteiger partial charge >= 0.3 is 0 Å². The Hall–Kier alpha value is -2.46. The van der Waals surface area contributed by atoms with Gasteiger partial charge in [-0.3, -0.25) is 4.90 Å². The van der Waals surface area contributed by atoms with Crippen molar-refractivity contribution in [3.8, 4) is 17.2 Å². The molecule has 1 unspecified atom stereocenters. The topological polar surface area (TPSA) is 32.1 Å². The predicted octanol–water partition coefficient (Wildman–Crippen LogP) is 2.17. The number of hydrogen-bond donors (Lipinski definition) is 1. The van der Waals surface area contributed by atoms with Crippen LogP contribution in [0.15, 0.2) is 30.3 Å². The zero-order valence-corrected chi connectivity index (χ0v) is 14.3. The number of rotatable bonds is 3. The molecular weight excluding hydrogens is 302 g/mol. The summed E-state index contributed by atoms with van der Waals surface area (Å²) in [5, 5.41) is 0. The lowest BCUT2D eigenvalue weighted by molar-refractivity contribution is -0.841. The Bertz CT molecular complexity index is 826. The predicted molar refractivity (Wildman–Crippen MR) is 93.6 cm³/mol. The Balaban J connectivity index is 1.84. The minimum Gasteiger partial charge on any atom is -0.497 e. The SMILES string of the molecule is COc1ccc2c(c1)CC[NH+]1Cc3c(ccc(OC)c3OC)C=C21. The van der Waals surface area contributed by atoms with E-state index in [9.17, 15) is 0 Å². The number of quaternary nitrogens is 1. The van der Waals surface area contributed by atoms with Crippen molar-refractivity contribution >= 4 is 11.8 Å². The highest BCUT2D eigenvalue weighted by Gasteiger charge is 2.32. The fourth-order valence-electron chi connectivity index (χ4n) is 3.83. The summed E-state index contributed by atoms with van der Waals surface area (Å²) < 4.78 is 16.5. The van der Waals surface area contributed by atoms with Crippen LogP contribution in [0.4, 0.5) is 0 Å². The van der Waals surface area contributed by atoms with Gasteiger partial charge in [0.1, 0.15) is 18.0 Å². The van der Waals surface area contributed by atoms with Crippen molar-refractivity contribution in [3.63, 3.8) is 0 Å². The highest BCUT2D eigenvalue weighted by atomic mass is 16.5. The Kier molecular flexibility index (Phi) is 3.69. The summed E-state index contributed by atoms with van der Waals surface area (Å²) >= 11 is 0. The molecule has 2 heterocycles. The van der Waals surface area contributed by atoms with Crippen LogP contribution in [0.25, 0.3) is 11.8 Å². The molecule has 2 aliphatic heterocycles. The lowest BCUT2D eigenvalue weighted by atomic mass is 9.90. The number of ether oxygens (including phenoxy) is 3. The van der Waals surface area contributed by atoms with Crippen LogP contribution in [0, 0.1) is 0 Å². The lowest BCUT2D eigenvalue weighted by Gasteiger charge is -2.32. The molecule has 0 bridgehead atoms. The van der Waals surface area contributed by atoms with Gasteiger partial charge in [0.25, 0.3) is 0 Å². The van der Waals surface area contributed by atoms with E-state index in [1.54, 1.807) is 21.3 Å². The van der Waals surface area contributed by atoms with E-state index in [4.69, 9.17) is 14.2 Å². The van der Waals surface area contributed by atoms with Gasteiger partial charge in [0.05, 0.1) is 33.4 Å². The van der Waals surface area contributed by atoms with E-state index in [0.717, 1.165) is 36.8 Å². The summed E-state index contributed by atoms with van der Waals surface area (Å²) in [6, 6.07) is 10.5. The van der Waals surface area contributed by atoms with Crippen LogP contribution in [0.5, 0.6) is 17.2 Å². The molecule has 1 atom stereocenters. The highest BCUT2D eigenvalue weighted by molar-refractivity contribution is 5.82. The van der Waals surface area contributed by atoms with Crippen LogP contribution in [0.1, 0.15) is 22.3 Å². The van der Waals surface area contributed by atoms with Crippen LogP contribution in [0.3, 0.4) is 0 Å². The molecule has 2 aromatic rings. The van der Waals surface area contributed by atoms with Crippen LogP contribution >= 0.6 is 0 Å². The smallest absolute Gasteiger partial charge is 0.170 e. The second kappa shape index (κ2) is 5.87. The number of fused-ring (bicyclic) bond motifs is 4. The summed E-state index contributed by atoms with van der Waals surface area (Å²) in [4.78, 5) is 1.48. The molecule has 4 heteroatoms. The van der Waals surface area contributed by atoms with Gasteiger partial charge < -0.3 is 14.2 Å². The molecule has 0 saturated carbocycles. The molecule has 0 radical (unpaired) electrons. The Morgan fingerprint density at radius 1 is 0.958 bits per heavy atom. The summed E-state index contributed by atoms with van der Waals surface area (Å²) in [7, 11) is 5.12. The Morgan fingerprint density at radius 3 is 2.58 bits per heavy atom. The van der Waals surface area contributed by atoms with Crippen LogP contribution in [-0.4, -0.2) is 27.9 Å². The first kappa shape index (κ1) is 15.1. The third-order valence-corrected chi connectivity index (χ3v) is 5.05. The first-order valence-corrected chi connectivity index (χ1v) is 8.23. The maximum absolute atomic E-state index is 5.63. The van der Waals surface area contributed by atoms with Gasteiger partial charge in [0, 0.05) is 18.1 Å². The fourth-order valence-corrected chi connectivity index (χ4v) is 3.83. The second-order valence-corrected chi connectivity index (χ2v) is 6.23. The highest BCUT2D eigenvalue weighted by Crippen LogP contribution is 2.37. The minimum atomic E-state index is 0.801. The van der Waals surface area contributed by atoms with Crippen molar-refractivity contribution in [2.45, 2.75) is 13.0 Å². The maximum Gasteiger partial charge on any atom is 0.170 e. The molecule has 2 aromatic carbocycles. The molecular formula is C20H22NO3+. The third-order valence-electron chi connectivity index (χ3n) is 5.05. The summed E-state index contributed by atoms with van der Waals surface area (Å²) in [6.45, 7) is 2.00. The van der Waals surface area contributed by atoms with Gasteiger partial charge in [-0.25, -0.2) is 0 Å². The van der Waals surface area contributed by atoms with Crippen molar-refractivity contribution in [3.05, 3.63) is 52.6 Å². The molecule has 1 N–H and O–H groups in total. The zero-order valence-electron chi connectivity index (χ0n) is 14.3. The number of benzene rings is 2. The Morgan fingerprint density at radius 2 is 1.83 bits per heavy atom. The quantitative estimate of drug-likeness (QED) is 0.939. The average Bonchev–Trinajstić information content (AvgIpc) is 2.64. The molecule has 0 amide bonds.